The number of nitrogens with zero attached hydrogens (tertiary/aromatic N) is 2. The van der Waals surface area contributed by atoms with E-state index in [0.29, 0.717) is 17.2 Å². The Morgan fingerprint density at radius 3 is 2.29 bits per heavy atom. The van der Waals surface area contributed by atoms with Crippen LogP contribution in [0, 0.1) is 0 Å². The second kappa shape index (κ2) is 10.4. The van der Waals surface area contributed by atoms with Gasteiger partial charge in [0, 0.05) is 30.1 Å². The molecule has 8 nitrogen and oxygen atoms in total. The van der Waals surface area contributed by atoms with E-state index in [1.54, 1.807) is 24.3 Å². The zero-order chi connectivity index (χ0) is 21.8. The third-order valence-electron chi connectivity index (χ3n) is 4.69. The lowest BCUT2D eigenvalue weighted by molar-refractivity contribution is 0.423. The van der Waals surface area contributed by atoms with Gasteiger partial charge in [-0.3, -0.25) is 0 Å². The van der Waals surface area contributed by atoms with Gasteiger partial charge >= 0.3 is 0 Å². The number of benzene rings is 2. The highest BCUT2D eigenvalue weighted by Gasteiger charge is 2.28. The number of pyridine rings is 1. The molecule has 3 rings (SSSR count). The Bertz CT molecular complexity index is 1240. The Kier molecular flexibility index (Phi) is 8.38. The fourth-order valence-electron chi connectivity index (χ4n) is 3.11. The highest BCUT2D eigenvalue weighted by Crippen LogP contribution is 2.29. The molecule has 0 aliphatic heterocycles. The van der Waals surface area contributed by atoms with E-state index in [-0.39, 0.29) is 53.5 Å². The fourth-order valence-corrected chi connectivity index (χ4v) is 6.18. The summed E-state index contributed by atoms with van der Waals surface area (Å²) in [5, 5.41) is 10.6. The summed E-state index contributed by atoms with van der Waals surface area (Å²) in [7, 11) is -7.71. The average molecular weight is 486 g/mol. The smallest absolute Gasteiger partial charge is 0.243 e. The second-order valence-electron chi connectivity index (χ2n) is 6.66. The summed E-state index contributed by atoms with van der Waals surface area (Å²) in [6.07, 6.45) is 1.70. The lowest BCUT2D eigenvalue weighted by atomic mass is 10.2. The topological polar surface area (TPSA) is 131 Å². The molecule has 0 radical (unpaired) electrons. The van der Waals surface area contributed by atoms with Crippen molar-refractivity contribution < 1.29 is 21.9 Å². The third-order valence-corrected chi connectivity index (χ3v) is 8.35. The van der Waals surface area contributed by atoms with Gasteiger partial charge < -0.3 is 10.8 Å². The minimum atomic E-state index is -4.05. The summed E-state index contributed by atoms with van der Waals surface area (Å²) in [4.78, 5) is 3.90. The van der Waals surface area contributed by atoms with Crippen LogP contribution in [0.5, 0.6) is 5.88 Å². The molecule has 0 atom stereocenters. The first-order valence-corrected chi connectivity index (χ1v) is 12.4. The van der Waals surface area contributed by atoms with Crippen LogP contribution in [0.15, 0.2) is 70.6 Å². The predicted molar refractivity (Wildman–Crippen MR) is 122 cm³/mol. The molecular weight excluding hydrogens is 462 g/mol. The Hall–Kier alpha value is -2.24. The summed E-state index contributed by atoms with van der Waals surface area (Å²) in [6.45, 7) is 0.126. The lowest BCUT2D eigenvalue weighted by Crippen LogP contribution is -2.36. The number of aromatic nitrogens is 1. The molecular formula is C20H24ClN3O5S2. The summed E-state index contributed by atoms with van der Waals surface area (Å²) >= 11 is 0. The number of aromatic hydroxyl groups is 1. The SMILES string of the molecule is Cl.NCCCN(CCS(=O)(=O)c1ccccc1)S(=O)(=O)c1cccc2c(O)nccc12. The Labute approximate surface area is 188 Å². The lowest BCUT2D eigenvalue weighted by Gasteiger charge is -2.23. The molecule has 0 amide bonds. The molecule has 1 heterocycles. The summed E-state index contributed by atoms with van der Waals surface area (Å²) in [6, 6.07) is 13.9. The van der Waals surface area contributed by atoms with Gasteiger partial charge in [0.25, 0.3) is 0 Å². The zero-order valence-electron chi connectivity index (χ0n) is 16.6. The van der Waals surface area contributed by atoms with E-state index in [2.05, 4.69) is 4.98 Å². The molecule has 0 fully saturated rings. The van der Waals surface area contributed by atoms with Gasteiger partial charge in [-0.25, -0.2) is 21.8 Å². The number of fused-ring (bicyclic) bond motifs is 1. The van der Waals surface area contributed by atoms with E-state index in [1.165, 1.54) is 36.5 Å². The van der Waals surface area contributed by atoms with Gasteiger partial charge in [-0.05, 0) is 43.3 Å². The van der Waals surface area contributed by atoms with Crippen LogP contribution in [-0.2, 0) is 19.9 Å². The molecule has 31 heavy (non-hydrogen) atoms. The van der Waals surface area contributed by atoms with Crippen molar-refractivity contribution in [2.24, 2.45) is 5.73 Å². The monoisotopic (exact) mass is 485 g/mol. The number of sulfonamides is 1. The van der Waals surface area contributed by atoms with E-state index in [1.807, 2.05) is 0 Å². The molecule has 3 N–H and O–H groups in total. The second-order valence-corrected chi connectivity index (χ2v) is 10.7. The first-order valence-electron chi connectivity index (χ1n) is 9.32. The number of sulfone groups is 1. The number of hydrogen-bond acceptors (Lipinski definition) is 7. The number of rotatable bonds is 9. The molecule has 0 saturated carbocycles. The maximum absolute atomic E-state index is 13.4. The number of hydrogen-bond donors (Lipinski definition) is 2. The van der Waals surface area contributed by atoms with E-state index in [4.69, 9.17) is 5.73 Å². The Morgan fingerprint density at radius 2 is 1.61 bits per heavy atom. The maximum atomic E-state index is 13.4. The highest BCUT2D eigenvalue weighted by molar-refractivity contribution is 7.91. The third kappa shape index (κ3) is 5.52. The molecule has 0 aliphatic rings. The molecule has 0 aliphatic carbocycles. The average Bonchev–Trinajstić information content (AvgIpc) is 2.74. The predicted octanol–water partition coefficient (Wildman–Crippen LogP) is 2.18. The molecule has 0 saturated heterocycles. The number of nitrogens with two attached hydrogens (primary N) is 1. The van der Waals surface area contributed by atoms with Gasteiger partial charge in [-0.15, -0.1) is 12.4 Å². The molecule has 0 spiro atoms. The van der Waals surface area contributed by atoms with Crippen molar-refractivity contribution >= 4 is 43.0 Å². The zero-order valence-corrected chi connectivity index (χ0v) is 19.0. The fraction of sp³-hybridized carbons (Fsp3) is 0.250. The van der Waals surface area contributed by atoms with E-state index < -0.39 is 19.9 Å². The molecule has 0 unspecified atom stereocenters. The molecule has 2 aromatic carbocycles. The first kappa shape index (κ1) is 25.0. The summed E-state index contributed by atoms with van der Waals surface area (Å²) in [5.74, 6) is -0.636. The van der Waals surface area contributed by atoms with Gasteiger partial charge in [0.2, 0.25) is 15.9 Å². The van der Waals surface area contributed by atoms with Gasteiger partial charge in [0.05, 0.1) is 15.5 Å². The van der Waals surface area contributed by atoms with Crippen LogP contribution in [0.2, 0.25) is 0 Å². The van der Waals surface area contributed by atoms with Crippen LogP contribution >= 0.6 is 12.4 Å². The van der Waals surface area contributed by atoms with E-state index in [9.17, 15) is 21.9 Å². The van der Waals surface area contributed by atoms with Crippen LogP contribution in [0.3, 0.4) is 0 Å². The minimum absolute atomic E-state index is 0. The van der Waals surface area contributed by atoms with Crippen LogP contribution in [0.4, 0.5) is 0 Å². The first-order chi connectivity index (χ1) is 14.3. The summed E-state index contributed by atoms with van der Waals surface area (Å²) < 4.78 is 53.2. The highest BCUT2D eigenvalue weighted by atomic mass is 35.5. The normalized spacial score (nSPS) is 12.1. The van der Waals surface area contributed by atoms with Crippen molar-refractivity contribution in [1.82, 2.24) is 9.29 Å². The molecule has 0 bridgehead atoms. The van der Waals surface area contributed by atoms with Crippen molar-refractivity contribution in [3.05, 3.63) is 60.8 Å². The molecule has 3 aromatic rings. The van der Waals surface area contributed by atoms with Crippen LogP contribution in [-0.4, -0.2) is 56.6 Å². The largest absolute Gasteiger partial charge is 0.493 e. The van der Waals surface area contributed by atoms with Crippen LogP contribution in [0.25, 0.3) is 10.8 Å². The van der Waals surface area contributed by atoms with Crippen molar-refractivity contribution in [1.29, 1.82) is 0 Å². The van der Waals surface area contributed by atoms with Crippen molar-refractivity contribution in [3.63, 3.8) is 0 Å². The standard InChI is InChI=1S/C20H23N3O5S2.ClH/c21-11-5-13-23(14-15-29(25,26)16-6-2-1-3-7-16)30(27,28)19-9-4-8-18-17(19)10-12-22-20(18)24;/h1-4,6-10,12H,5,11,13-15,21H2,(H,22,24);1H. The quantitative estimate of drug-likeness (QED) is 0.474. The van der Waals surface area contributed by atoms with Crippen molar-refractivity contribution in [2.75, 3.05) is 25.4 Å². The Balaban J connectivity index is 0.00000341. The number of halogens is 1. The van der Waals surface area contributed by atoms with E-state index in [0.717, 1.165) is 4.31 Å². The molecule has 1 aromatic heterocycles. The minimum Gasteiger partial charge on any atom is -0.493 e. The summed E-state index contributed by atoms with van der Waals surface area (Å²) in [5.41, 5.74) is 5.56. The van der Waals surface area contributed by atoms with Crippen LogP contribution < -0.4 is 5.73 Å². The van der Waals surface area contributed by atoms with Crippen LogP contribution in [0.1, 0.15) is 6.42 Å². The Morgan fingerprint density at radius 1 is 0.903 bits per heavy atom. The maximum Gasteiger partial charge on any atom is 0.243 e. The van der Waals surface area contributed by atoms with E-state index >= 15 is 0 Å². The van der Waals surface area contributed by atoms with Gasteiger partial charge in [0.15, 0.2) is 9.84 Å². The van der Waals surface area contributed by atoms with Crippen molar-refractivity contribution in [2.45, 2.75) is 16.2 Å². The van der Waals surface area contributed by atoms with Crippen molar-refractivity contribution in [3.8, 4) is 5.88 Å². The van der Waals surface area contributed by atoms with Gasteiger partial charge in [-0.2, -0.15) is 4.31 Å². The molecule has 168 valence electrons. The van der Waals surface area contributed by atoms with Gasteiger partial charge in [-0.1, -0.05) is 24.3 Å². The van der Waals surface area contributed by atoms with Gasteiger partial charge in [0.1, 0.15) is 0 Å². The molecule has 11 heteroatoms.